The lowest BCUT2D eigenvalue weighted by Crippen LogP contribution is -2.27. The van der Waals surface area contributed by atoms with Crippen LogP contribution >= 0.6 is 11.6 Å². The summed E-state index contributed by atoms with van der Waals surface area (Å²) in [5, 5.41) is 21.0. The molecule has 9 heteroatoms. The molecular formula is C20H19ClFN5O2. The summed E-state index contributed by atoms with van der Waals surface area (Å²) >= 11 is 5.91. The number of hydrogen-bond donors (Lipinski definition) is 4. The Kier molecular flexibility index (Phi) is 5.37. The molecule has 0 bridgehead atoms. The van der Waals surface area contributed by atoms with Gasteiger partial charge in [-0.25, -0.2) is 9.37 Å². The van der Waals surface area contributed by atoms with Crippen LogP contribution in [0.25, 0.3) is 11.0 Å². The molecule has 2 aromatic heterocycles. The molecule has 0 amide bonds. The first-order chi connectivity index (χ1) is 14.0. The van der Waals surface area contributed by atoms with E-state index in [1.54, 1.807) is 16.8 Å². The molecule has 4 N–H and O–H groups in total. The van der Waals surface area contributed by atoms with Crippen molar-refractivity contribution in [2.45, 2.75) is 19.0 Å². The number of aromatic amines is 1. The smallest absolute Gasteiger partial charge is 0.293 e. The van der Waals surface area contributed by atoms with Crippen LogP contribution in [0.1, 0.15) is 11.1 Å². The molecule has 0 fully saturated rings. The maximum atomic E-state index is 13.6. The zero-order valence-corrected chi connectivity index (χ0v) is 16.1. The van der Waals surface area contributed by atoms with Crippen LogP contribution in [0, 0.1) is 11.2 Å². The Hall–Kier alpha value is -3.10. The Morgan fingerprint density at radius 3 is 2.93 bits per heavy atom. The van der Waals surface area contributed by atoms with Crippen molar-refractivity contribution in [1.29, 1.82) is 5.41 Å². The van der Waals surface area contributed by atoms with E-state index in [0.717, 1.165) is 16.6 Å². The standard InChI is InChI=1S/C20H19ClFN5O2/c21-14-6-12(7-15(22)9-14)8-16(11-28)24-20-25-17-3-1-2-13(18(17)26-20)10-27-4-5-29-19(27)23/h1-7,9,16,23,28H,8,10-11H2,(H2,24,25,26). The molecule has 0 spiro atoms. The lowest BCUT2D eigenvalue weighted by Gasteiger charge is -2.16. The largest absolute Gasteiger partial charge is 0.432 e. The van der Waals surface area contributed by atoms with Crippen LogP contribution in [0.3, 0.4) is 0 Å². The fourth-order valence-electron chi connectivity index (χ4n) is 3.27. The topological polar surface area (TPSA) is 103 Å². The number of fused-ring (bicyclic) bond motifs is 1. The highest BCUT2D eigenvalue weighted by molar-refractivity contribution is 6.30. The van der Waals surface area contributed by atoms with Gasteiger partial charge >= 0.3 is 0 Å². The van der Waals surface area contributed by atoms with E-state index in [1.807, 2.05) is 18.2 Å². The van der Waals surface area contributed by atoms with Crippen LogP contribution in [-0.2, 0) is 13.0 Å². The van der Waals surface area contributed by atoms with E-state index in [9.17, 15) is 9.50 Å². The SMILES string of the molecule is N=c1occn1Cc1cccc2[nH]c(NC(CO)Cc3cc(F)cc(Cl)c3)nc12. The predicted octanol–water partition coefficient (Wildman–Crippen LogP) is 3.29. The Morgan fingerprint density at radius 2 is 2.21 bits per heavy atom. The van der Waals surface area contributed by atoms with E-state index in [4.69, 9.17) is 21.4 Å². The van der Waals surface area contributed by atoms with Crippen LogP contribution in [0.2, 0.25) is 5.02 Å². The van der Waals surface area contributed by atoms with Crippen molar-refractivity contribution < 1.29 is 13.9 Å². The van der Waals surface area contributed by atoms with Gasteiger partial charge in [-0.2, -0.15) is 0 Å². The monoisotopic (exact) mass is 415 g/mol. The fraction of sp³-hybridized carbons (Fsp3) is 0.200. The van der Waals surface area contributed by atoms with Gasteiger partial charge in [0.15, 0.2) is 0 Å². The number of imidazole rings is 1. The second-order valence-electron chi connectivity index (χ2n) is 6.74. The van der Waals surface area contributed by atoms with E-state index in [1.165, 1.54) is 18.4 Å². The lowest BCUT2D eigenvalue weighted by atomic mass is 10.1. The number of aliphatic hydroxyl groups is 1. The number of H-pyrrole nitrogens is 1. The van der Waals surface area contributed by atoms with E-state index in [2.05, 4.69) is 15.3 Å². The Morgan fingerprint density at radius 1 is 1.34 bits per heavy atom. The summed E-state index contributed by atoms with van der Waals surface area (Å²) in [7, 11) is 0. The quantitative estimate of drug-likeness (QED) is 0.372. The summed E-state index contributed by atoms with van der Waals surface area (Å²) in [4.78, 5) is 7.79. The summed E-state index contributed by atoms with van der Waals surface area (Å²) in [6.07, 6.45) is 3.54. The van der Waals surface area contributed by atoms with Crippen LogP contribution in [0.4, 0.5) is 10.3 Å². The van der Waals surface area contributed by atoms with Gasteiger partial charge in [0.25, 0.3) is 5.68 Å². The van der Waals surface area contributed by atoms with Crippen LogP contribution < -0.4 is 11.0 Å². The first-order valence-electron chi connectivity index (χ1n) is 9.00. The van der Waals surface area contributed by atoms with E-state index >= 15 is 0 Å². The van der Waals surface area contributed by atoms with Gasteiger partial charge in [0, 0.05) is 11.2 Å². The molecule has 0 saturated heterocycles. The summed E-state index contributed by atoms with van der Waals surface area (Å²) in [6, 6.07) is 9.68. The lowest BCUT2D eigenvalue weighted by molar-refractivity contribution is 0.273. The second kappa shape index (κ2) is 8.10. The number of halogens is 2. The zero-order chi connectivity index (χ0) is 20.4. The van der Waals surface area contributed by atoms with Crippen molar-refractivity contribution in [2.24, 2.45) is 0 Å². The predicted molar refractivity (Wildman–Crippen MR) is 107 cm³/mol. The van der Waals surface area contributed by atoms with E-state index < -0.39 is 5.82 Å². The number of hydrogen-bond acceptors (Lipinski definition) is 5. The van der Waals surface area contributed by atoms with Crippen molar-refractivity contribution in [3.05, 3.63) is 76.5 Å². The van der Waals surface area contributed by atoms with Crippen LogP contribution in [0.15, 0.2) is 53.3 Å². The molecule has 4 rings (SSSR count). The van der Waals surface area contributed by atoms with Gasteiger partial charge in [0.05, 0.1) is 30.2 Å². The average Bonchev–Trinajstić information content (AvgIpc) is 3.26. The van der Waals surface area contributed by atoms with Crippen molar-refractivity contribution in [2.75, 3.05) is 11.9 Å². The van der Waals surface area contributed by atoms with E-state index in [-0.39, 0.29) is 18.3 Å². The van der Waals surface area contributed by atoms with Crippen LogP contribution in [-0.4, -0.2) is 32.3 Å². The first kappa shape index (κ1) is 19.2. The molecule has 150 valence electrons. The van der Waals surface area contributed by atoms with Gasteiger partial charge in [-0.05, 0) is 41.8 Å². The molecule has 0 aliphatic carbocycles. The van der Waals surface area contributed by atoms with Crippen molar-refractivity contribution in [3.8, 4) is 0 Å². The molecule has 1 atom stereocenters. The second-order valence-corrected chi connectivity index (χ2v) is 7.18. The molecule has 0 aliphatic heterocycles. The highest BCUT2D eigenvalue weighted by atomic mass is 35.5. The first-order valence-corrected chi connectivity index (χ1v) is 9.38. The summed E-state index contributed by atoms with van der Waals surface area (Å²) in [6.45, 7) is 0.285. The number of para-hydroxylation sites is 1. The minimum absolute atomic E-state index is 0.0602. The number of benzene rings is 2. The van der Waals surface area contributed by atoms with Crippen LogP contribution in [0.5, 0.6) is 0 Å². The minimum atomic E-state index is -0.414. The molecule has 1 unspecified atom stereocenters. The summed E-state index contributed by atoms with van der Waals surface area (Å²) < 4.78 is 20.3. The number of anilines is 1. The average molecular weight is 416 g/mol. The highest BCUT2D eigenvalue weighted by Gasteiger charge is 2.14. The Balaban J connectivity index is 1.56. The number of aromatic nitrogens is 3. The summed E-state index contributed by atoms with van der Waals surface area (Å²) in [5.41, 5.74) is 3.24. The molecule has 4 aromatic rings. The third-order valence-corrected chi connectivity index (χ3v) is 4.80. The van der Waals surface area contributed by atoms with Crippen molar-refractivity contribution >= 4 is 28.6 Å². The normalized spacial score (nSPS) is 12.4. The van der Waals surface area contributed by atoms with Gasteiger partial charge in [0.1, 0.15) is 12.1 Å². The third-order valence-electron chi connectivity index (χ3n) is 4.58. The molecule has 2 aromatic carbocycles. The number of nitrogens with zero attached hydrogens (tertiary/aromatic N) is 2. The molecule has 29 heavy (non-hydrogen) atoms. The van der Waals surface area contributed by atoms with Gasteiger partial charge in [-0.1, -0.05) is 23.7 Å². The van der Waals surface area contributed by atoms with Gasteiger partial charge in [-0.15, -0.1) is 0 Å². The number of nitrogens with one attached hydrogen (secondary N) is 3. The van der Waals surface area contributed by atoms with Gasteiger partial charge < -0.3 is 19.8 Å². The molecule has 0 aliphatic rings. The molecule has 7 nitrogen and oxygen atoms in total. The van der Waals surface area contributed by atoms with Gasteiger partial charge in [-0.3, -0.25) is 9.98 Å². The molecule has 0 radical (unpaired) electrons. The maximum absolute atomic E-state index is 13.6. The highest BCUT2D eigenvalue weighted by Crippen LogP contribution is 2.21. The zero-order valence-electron chi connectivity index (χ0n) is 15.3. The molecular weight excluding hydrogens is 397 g/mol. The minimum Gasteiger partial charge on any atom is -0.432 e. The van der Waals surface area contributed by atoms with Gasteiger partial charge in [0.2, 0.25) is 5.95 Å². The Bertz CT molecular complexity index is 1180. The summed E-state index contributed by atoms with van der Waals surface area (Å²) in [5.74, 6) is 0.0837. The number of aliphatic hydroxyl groups excluding tert-OH is 1. The third kappa shape index (κ3) is 4.33. The number of rotatable bonds is 7. The maximum Gasteiger partial charge on any atom is 0.293 e. The number of oxazole rings is 1. The van der Waals surface area contributed by atoms with Crippen molar-refractivity contribution in [1.82, 2.24) is 14.5 Å². The Labute approximate surface area is 170 Å². The molecule has 2 heterocycles. The van der Waals surface area contributed by atoms with Crippen molar-refractivity contribution in [3.63, 3.8) is 0 Å². The fourth-order valence-corrected chi connectivity index (χ4v) is 3.51. The molecule has 0 saturated carbocycles. The van der Waals surface area contributed by atoms with E-state index in [0.29, 0.717) is 29.5 Å².